The molecule has 6 heteroatoms. The first-order valence-electron chi connectivity index (χ1n) is 5.13. The van der Waals surface area contributed by atoms with Gasteiger partial charge in [0.25, 0.3) is 5.91 Å². The normalized spacial score (nSPS) is 10.7. The van der Waals surface area contributed by atoms with Crippen molar-refractivity contribution in [2.24, 2.45) is 5.73 Å². The fraction of sp³-hybridized carbons (Fsp3) is 0. The summed E-state index contributed by atoms with van der Waals surface area (Å²) in [6.07, 6.45) is 6.00. The molecule has 2 N–H and O–H groups in total. The Bertz CT molecular complexity index is 721. The summed E-state index contributed by atoms with van der Waals surface area (Å²) in [6, 6.07) is 5.39. The van der Waals surface area contributed by atoms with E-state index in [1.807, 2.05) is 6.07 Å². The summed E-state index contributed by atoms with van der Waals surface area (Å²) in [7, 11) is 0. The molecular weight excluding hydrogens is 232 g/mol. The number of carbonyl (C=O) groups is 1. The average Bonchev–Trinajstić information content (AvgIpc) is 2.82. The Kier molecular flexibility index (Phi) is 2.26. The molecule has 1 radical (unpaired) electrons. The van der Waals surface area contributed by atoms with Crippen molar-refractivity contribution >= 4 is 17.0 Å². The summed E-state index contributed by atoms with van der Waals surface area (Å²) in [5.74, 6) is -0.243. The molecule has 3 rings (SSSR count). The number of nitrogens with two attached hydrogens (primary N) is 1. The van der Waals surface area contributed by atoms with E-state index < -0.39 is 5.91 Å². The highest BCUT2D eigenvalue weighted by Gasteiger charge is 2.11. The highest BCUT2D eigenvalue weighted by Crippen LogP contribution is 2.25. The molecule has 0 aliphatic carbocycles. The molecule has 6 nitrogen and oxygen atoms in total. The summed E-state index contributed by atoms with van der Waals surface area (Å²) in [6.45, 7) is 0. The van der Waals surface area contributed by atoms with Gasteiger partial charge in [0.15, 0.2) is 0 Å². The van der Waals surface area contributed by atoms with E-state index in [0.29, 0.717) is 11.1 Å². The molecule has 0 saturated heterocycles. The first-order valence-corrected chi connectivity index (χ1v) is 5.13. The van der Waals surface area contributed by atoms with Crippen molar-refractivity contribution in [3.8, 4) is 11.3 Å². The van der Waals surface area contributed by atoms with E-state index in [4.69, 9.17) is 10.2 Å². The Balaban J connectivity index is 2.14. The number of hydrogen-bond donors (Lipinski definition) is 1. The van der Waals surface area contributed by atoms with Gasteiger partial charge < -0.3 is 10.2 Å². The molecule has 0 fully saturated rings. The molecule has 3 aromatic heterocycles. The van der Waals surface area contributed by atoms with E-state index in [1.165, 1.54) is 0 Å². The van der Waals surface area contributed by atoms with Crippen molar-refractivity contribution in [3.05, 3.63) is 42.6 Å². The van der Waals surface area contributed by atoms with Gasteiger partial charge in [0, 0.05) is 18.0 Å². The molecule has 0 atom stereocenters. The van der Waals surface area contributed by atoms with Crippen LogP contribution in [0.25, 0.3) is 22.4 Å². The first-order chi connectivity index (χ1) is 8.74. The van der Waals surface area contributed by atoms with Crippen molar-refractivity contribution in [1.82, 2.24) is 15.0 Å². The van der Waals surface area contributed by atoms with Gasteiger partial charge in [0.05, 0.1) is 5.39 Å². The van der Waals surface area contributed by atoms with Crippen LogP contribution in [0.2, 0.25) is 0 Å². The van der Waals surface area contributed by atoms with Crippen LogP contribution in [-0.4, -0.2) is 20.9 Å². The largest absolute Gasteiger partial charge is 0.438 e. The summed E-state index contributed by atoms with van der Waals surface area (Å²) in [5.41, 5.74) is 6.17. The predicted molar refractivity (Wildman–Crippen MR) is 62.4 cm³/mol. The zero-order valence-corrected chi connectivity index (χ0v) is 9.12. The van der Waals surface area contributed by atoms with Crippen LogP contribution in [0, 0.1) is 6.20 Å². The maximum atomic E-state index is 10.9. The van der Waals surface area contributed by atoms with Crippen LogP contribution in [-0.2, 0) is 0 Å². The second-order valence-electron chi connectivity index (χ2n) is 3.59. The van der Waals surface area contributed by atoms with Gasteiger partial charge in [-0.1, -0.05) is 0 Å². The lowest BCUT2D eigenvalue weighted by molar-refractivity contribution is 0.0990. The van der Waals surface area contributed by atoms with Gasteiger partial charge in [-0.2, -0.15) is 4.98 Å². The minimum atomic E-state index is -0.715. The zero-order valence-electron chi connectivity index (χ0n) is 9.12. The Hall–Kier alpha value is -2.76. The third-order valence-corrected chi connectivity index (χ3v) is 2.37. The number of primary amides is 1. The van der Waals surface area contributed by atoms with Gasteiger partial charge >= 0.3 is 0 Å². The zero-order chi connectivity index (χ0) is 12.5. The Morgan fingerprint density at radius 3 is 3.06 bits per heavy atom. The summed E-state index contributed by atoms with van der Waals surface area (Å²) < 4.78 is 5.51. The molecule has 0 saturated carbocycles. The lowest BCUT2D eigenvalue weighted by atomic mass is 10.2. The maximum absolute atomic E-state index is 10.9. The summed E-state index contributed by atoms with van der Waals surface area (Å²) >= 11 is 0. The lowest BCUT2D eigenvalue weighted by Crippen LogP contribution is -2.14. The predicted octanol–water partition coefficient (Wildman–Crippen LogP) is 1.18. The van der Waals surface area contributed by atoms with Crippen molar-refractivity contribution < 1.29 is 9.21 Å². The number of rotatable bonds is 2. The summed E-state index contributed by atoms with van der Waals surface area (Å²) in [5, 5.41) is 0.582. The van der Waals surface area contributed by atoms with Crippen LogP contribution >= 0.6 is 0 Å². The SMILES string of the molecule is NC(=O)c1n[c]c2cc(-c3cccnc3)oc2n1. The number of carbonyl (C=O) groups excluding carboxylic acids is 1. The number of amides is 1. The molecule has 3 heterocycles. The topological polar surface area (TPSA) is 94.9 Å². The maximum Gasteiger partial charge on any atom is 0.286 e. The van der Waals surface area contributed by atoms with Crippen LogP contribution in [0.15, 0.2) is 35.0 Å². The molecule has 18 heavy (non-hydrogen) atoms. The molecule has 1 amide bonds. The van der Waals surface area contributed by atoms with Gasteiger partial charge in [0.2, 0.25) is 11.5 Å². The fourth-order valence-corrected chi connectivity index (χ4v) is 1.54. The molecule has 0 aliphatic rings. The molecular formula is C12H7N4O2. The standard InChI is InChI=1S/C12H7N4O2/c13-10(17)11-15-6-8-4-9(18-12(8)16-11)7-2-1-3-14-5-7/h1-5H,(H2,13,17). The molecule has 3 aromatic rings. The van der Waals surface area contributed by atoms with Gasteiger partial charge in [0.1, 0.15) is 12.0 Å². The molecule has 0 unspecified atom stereocenters. The minimum absolute atomic E-state index is 0.116. The Labute approximate surface area is 101 Å². The smallest absolute Gasteiger partial charge is 0.286 e. The highest BCUT2D eigenvalue weighted by atomic mass is 16.3. The fourth-order valence-electron chi connectivity index (χ4n) is 1.54. The van der Waals surface area contributed by atoms with Crippen LogP contribution in [0.3, 0.4) is 0 Å². The number of fused-ring (bicyclic) bond motifs is 1. The monoisotopic (exact) mass is 239 g/mol. The lowest BCUT2D eigenvalue weighted by Gasteiger charge is -1.93. The van der Waals surface area contributed by atoms with Crippen LogP contribution < -0.4 is 5.73 Å². The van der Waals surface area contributed by atoms with E-state index in [1.54, 1.807) is 24.5 Å². The van der Waals surface area contributed by atoms with E-state index in [9.17, 15) is 4.79 Å². The number of nitrogens with zero attached hydrogens (tertiary/aromatic N) is 3. The molecule has 0 aromatic carbocycles. The molecule has 0 aliphatic heterocycles. The van der Waals surface area contributed by atoms with Gasteiger partial charge in [-0.25, -0.2) is 4.98 Å². The first kappa shape index (κ1) is 10.4. The molecule has 0 bridgehead atoms. The van der Waals surface area contributed by atoms with Crippen molar-refractivity contribution in [3.63, 3.8) is 0 Å². The van der Waals surface area contributed by atoms with Gasteiger partial charge in [-0.15, -0.1) is 0 Å². The summed E-state index contributed by atoms with van der Waals surface area (Å²) in [4.78, 5) is 22.6. The average molecular weight is 239 g/mol. The minimum Gasteiger partial charge on any atom is -0.438 e. The highest BCUT2D eigenvalue weighted by molar-refractivity contribution is 5.90. The van der Waals surface area contributed by atoms with E-state index in [-0.39, 0.29) is 11.5 Å². The van der Waals surface area contributed by atoms with Crippen molar-refractivity contribution in [1.29, 1.82) is 0 Å². The number of furan rings is 1. The molecule has 0 spiro atoms. The Morgan fingerprint density at radius 1 is 1.44 bits per heavy atom. The molecule has 87 valence electrons. The van der Waals surface area contributed by atoms with E-state index in [0.717, 1.165) is 5.56 Å². The Morgan fingerprint density at radius 2 is 2.33 bits per heavy atom. The second kappa shape index (κ2) is 3.92. The van der Waals surface area contributed by atoms with Gasteiger partial charge in [-0.05, 0) is 18.2 Å². The van der Waals surface area contributed by atoms with Gasteiger partial charge in [-0.3, -0.25) is 9.78 Å². The third-order valence-electron chi connectivity index (χ3n) is 2.37. The number of aromatic nitrogens is 3. The van der Waals surface area contributed by atoms with E-state index >= 15 is 0 Å². The number of pyridine rings is 1. The van der Waals surface area contributed by atoms with Crippen LogP contribution in [0.1, 0.15) is 10.6 Å². The quantitative estimate of drug-likeness (QED) is 0.724. The van der Waals surface area contributed by atoms with Crippen LogP contribution in [0.4, 0.5) is 0 Å². The second-order valence-corrected chi connectivity index (χ2v) is 3.59. The number of hydrogen-bond acceptors (Lipinski definition) is 5. The van der Waals surface area contributed by atoms with Crippen molar-refractivity contribution in [2.75, 3.05) is 0 Å². The van der Waals surface area contributed by atoms with E-state index in [2.05, 4.69) is 21.1 Å². The van der Waals surface area contributed by atoms with Crippen molar-refractivity contribution in [2.45, 2.75) is 0 Å². The van der Waals surface area contributed by atoms with Crippen LogP contribution in [0.5, 0.6) is 0 Å². The third kappa shape index (κ3) is 1.69.